The van der Waals surface area contributed by atoms with Gasteiger partial charge in [-0.1, -0.05) is 23.4 Å². The number of aromatic nitrogens is 6. The van der Waals surface area contributed by atoms with Gasteiger partial charge in [0, 0.05) is 20.3 Å². The van der Waals surface area contributed by atoms with Gasteiger partial charge in [0.2, 0.25) is 0 Å². The van der Waals surface area contributed by atoms with Crippen molar-refractivity contribution < 1.29 is 9.53 Å². The predicted molar refractivity (Wildman–Crippen MR) is 93.8 cm³/mol. The average Bonchev–Trinajstić information content (AvgIpc) is 3.32. The molecule has 0 unspecified atom stereocenters. The van der Waals surface area contributed by atoms with Crippen LogP contribution in [0.15, 0.2) is 42.9 Å². The first-order valence-electron chi connectivity index (χ1n) is 8.34. The minimum atomic E-state index is -0.314. The van der Waals surface area contributed by atoms with Crippen LogP contribution in [0.2, 0.25) is 0 Å². The summed E-state index contributed by atoms with van der Waals surface area (Å²) in [5, 5.41) is 18.9. The topological polar surface area (TPSA) is 99.8 Å². The second kappa shape index (κ2) is 8.34. The van der Waals surface area contributed by atoms with Crippen molar-refractivity contribution in [3.05, 3.63) is 54.4 Å². The van der Waals surface area contributed by atoms with Gasteiger partial charge in [0.1, 0.15) is 6.33 Å². The number of nitrogens with one attached hydrogen (secondary N) is 1. The molecule has 0 saturated heterocycles. The zero-order chi connectivity index (χ0) is 18.4. The van der Waals surface area contributed by atoms with E-state index in [0.717, 1.165) is 18.7 Å². The lowest BCUT2D eigenvalue weighted by atomic mass is 10.3. The lowest BCUT2D eigenvalue weighted by molar-refractivity contribution is 0.0932. The van der Waals surface area contributed by atoms with Crippen LogP contribution < -0.4 is 5.32 Å². The Bertz CT molecular complexity index is 844. The van der Waals surface area contributed by atoms with Crippen molar-refractivity contribution in [3.63, 3.8) is 0 Å². The first kappa shape index (κ1) is 17.7. The van der Waals surface area contributed by atoms with Crippen molar-refractivity contribution in [2.24, 2.45) is 0 Å². The molecule has 0 fully saturated rings. The minimum absolute atomic E-state index is 0.242. The van der Waals surface area contributed by atoms with Crippen LogP contribution in [0.3, 0.4) is 0 Å². The van der Waals surface area contributed by atoms with Crippen molar-refractivity contribution in [3.8, 4) is 5.69 Å². The molecule has 1 aromatic carbocycles. The van der Waals surface area contributed by atoms with Crippen LogP contribution in [0.4, 0.5) is 0 Å². The summed E-state index contributed by atoms with van der Waals surface area (Å²) in [6.07, 6.45) is 4.09. The van der Waals surface area contributed by atoms with E-state index < -0.39 is 0 Å². The van der Waals surface area contributed by atoms with Gasteiger partial charge in [0.25, 0.3) is 5.91 Å². The quantitative estimate of drug-likeness (QED) is 0.613. The van der Waals surface area contributed by atoms with Crippen LogP contribution in [-0.4, -0.2) is 49.4 Å². The summed E-state index contributed by atoms with van der Waals surface area (Å²) in [5.41, 5.74) is 1.08. The molecule has 1 atom stereocenters. The van der Waals surface area contributed by atoms with Gasteiger partial charge < -0.3 is 14.6 Å². The number of aryl methyl sites for hydroxylation is 1. The lowest BCUT2D eigenvalue weighted by Crippen LogP contribution is -2.29. The third-order valence-electron chi connectivity index (χ3n) is 3.87. The van der Waals surface area contributed by atoms with Crippen LogP contribution in [0.5, 0.6) is 0 Å². The fraction of sp³-hybridized carbons (Fsp3) is 0.353. The van der Waals surface area contributed by atoms with Gasteiger partial charge >= 0.3 is 0 Å². The third-order valence-corrected chi connectivity index (χ3v) is 3.87. The molecule has 2 aromatic heterocycles. The zero-order valence-corrected chi connectivity index (χ0v) is 14.7. The van der Waals surface area contributed by atoms with E-state index in [1.165, 1.54) is 0 Å². The minimum Gasteiger partial charge on any atom is -0.385 e. The molecule has 0 aliphatic rings. The summed E-state index contributed by atoms with van der Waals surface area (Å²) in [5.74, 6) is 0.371. The Morgan fingerprint density at radius 1 is 1.27 bits per heavy atom. The van der Waals surface area contributed by atoms with E-state index >= 15 is 0 Å². The summed E-state index contributed by atoms with van der Waals surface area (Å²) in [7, 11) is 1.67. The zero-order valence-electron chi connectivity index (χ0n) is 14.7. The number of nitrogens with zero attached hydrogens (tertiary/aromatic N) is 6. The highest BCUT2D eigenvalue weighted by molar-refractivity contribution is 5.92. The number of amides is 1. The molecule has 0 aliphatic carbocycles. The van der Waals surface area contributed by atoms with Crippen LogP contribution in [0.1, 0.15) is 35.7 Å². The molecular weight excluding hydrogens is 334 g/mol. The van der Waals surface area contributed by atoms with Crippen molar-refractivity contribution in [1.29, 1.82) is 0 Å². The Balaban J connectivity index is 1.65. The van der Waals surface area contributed by atoms with E-state index in [4.69, 9.17) is 4.74 Å². The monoisotopic (exact) mass is 355 g/mol. The number of carbonyl (C=O) groups excluding carboxylic acids is 1. The van der Waals surface area contributed by atoms with Gasteiger partial charge in [-0.05, 0) is 25.5 Å². The molecule has 26 heavy (non-hydrogen) atoms. The van der Waals surface area contributed by atoms with Crippen molar-refractivity contribution in [2.45, 2.75) is 25.9 Å². The molecule has 0 spiro atoms. The van der Waals surface area contributed by atoms with Crippen molar-refractivity contribution in [1.82, 2.24) is 35.1 Å². The number of hydrogen-bond donors (Lipinski definition) is 1. The normalized spacial score (nSPS) is 12.1. The fourth-order valence-electron chi connectivity index (χ4n) is 2.56. The largest absolute Gasteiger partial charge is 0.385 e. The summed E-state index contributed by atoms with van der Waals surface area (Å²) in [6.45, 7) is 3.23. The van der Waals surface area contributed by atoms with Crippen LogP contribution >= 0.6 is 0 Å². The lowest BCUT2D eigenvalue weighted by Gasteiger charge is -2.13. The summed E-state index contributed by atoms with van der Waals surface area (Å²) in [6, 6.07) is 9.18. The van der Waals surface area contributed by atoms with Gasteiger partial charge in [-0.15, -0.1) is 15.3 Å². The maximum atomic E-state index is 12.5. The van der Waals surface area contributed by atoms with E-state index in [0.29, 0.717) is 12.4 Å². The Labute approximate surface area is 151 Å². The van der Waals surface area contributed by atoms with E-state index in [1.54, 1.807) is 24.3 Å². The van der Waals surface area contributed by atoms with E-state index in [-0.39, 0.29) is 17.6 Å². The van der Waals surface area contributed by atoms with E-state index in [9.17, 15) is 4.79 Å². The maximum Gasteiger partial charge on any atom is 0.274 e. The van der Waals surface area contributed by atoms with Crippen LogP contribution in [0, 0.1) is 0 Å². The van der Waals surface area contributed by atoms with E-state index in [1.807, 2.05) is 41.8 Å². The molecule has 3 aromatic rings. The maximum absolute atomic E-state index is 12.5. The molecule has 9 heteroatoms. The number of carbonyl (C=O) groups is 1. The van der Waals surface area contributed by atoms with Crippen LogP contribution in [-0.2, 0) is 11.3 Å². The van der Waals surface area contributed by atoms with Gasteiger partial charge in [-0.2, -0.15) is 0 Å². The van der Waals surface area contributed by atoms with Gasteiger partial charge in [-0.3, -0.25) is 4.79 Å². The van der Waals surface area contributed by atoms with Gasteiger partial charge in [0.05, 0.1) is 17.9 Å². The highest BCUT2D eigenvalue weighted by Crippen LogP contribution is 2.11. The smallest absolute Gasteiger partial charge is 0.274 e. The molecule has 136 valence electrons. The molecule has 1 amide bonds. The fourth-order valence-corrected chi connectivity index (χ4v) is 2.56. The molecule has 0 bridgehead atoms. The molecular formula is C17H21N7O2. The number of benzene rings is 1. The Morgan fingerprint density at radius 3 is 2.85 bits per heavy atom. The second-order valence-corrected chi connectivity index (χ2v) is 5.81. The van der Waals surface area contributed by atoms with Gasteiger partial charge in [0.15, 0.2) is 11.5 Å². The first-order chi connectivity index (χ1) is 12.7. The summed E-state index contributed by atoms with van der Waals surface area (Å²) in [4.78, 5) is 12.5. The second-order valence-electron chi connectivity index (χ2n) is 5.81. The summed E-state index contributed by atoms with van der Waals surface area (Å²) < 4.78 is 8.53. The van der Waals surface area contributed by atoms with Gasteiger partial charge in [-0.25, -0.2) is 4.68 Å². The molecule has 2 heterocycles. The Morgan fingerprint density at radius 2 is 2.08 bits per heavy atom. The predicted octanol–water partition coefficient (Wildman–Crippen LogP) is 1.39. The number of ether oxygens (including phenoxy) is 1. The highest BCUT2D eigenvalue weighted by atomic mass is 16.5. The van der Waals surface area contributed by atoms with Crippen molar-refractivity contribution in [2.75, 3.05) is 13.7 Å². The number of rotatable bonds is 8. The third kappa shape index (κ3) is 4.12. The SMILES string of the molecule is COCCCn1cnnc1[C@@H](C)NC(=O)c1cn(-c2ccccc2)nn1. The first-order valence-corrected chi connectivity index (χ1v) is 8.34. The van der Waals surface area contributed by atoms with Crippen LogP contribution in [0.25, 0.3) is 5.69 Å². The van der Waals surface area contributed by atoms with Crippen molar-refractivity contribution >= 4 is 5.91 Å². The molecule has 0 aliphatic heterocycles. The molecule has 9 nitrogen and oxygen atoms in total. The Hall–Kier alpha value is -3.07. The molecule has 1 N–H and O–H groups in total. The number of para-hydroxylation sites is 1. The molecule has 3 rings (SSSR count). The number of hydrogen-bond acceptors (Lipinski definition) is 6. The number of methoxy groups -OCH3 is 1. The average molecular weight is 355 g/mol. The molecule has 0 radical (unpaired) electrons. The standard InChI is InChI=1S/C17H21N7O2/c1-13(16-21-18-12-23(16)9-6-10-26-2)19-17(25)15-11-24(22-20-15)14-7-4-3-5-8-14/h3-5,7-8,11-13H,6,9-10H2,1-2H3,(H,19,25)/t13-/m1/s1. The van der Waals surface area contributed by atoms with E-state index in [2.05, 4.69) is 25.8 Å². The Kier molecular flexibility index (Phi) is 5.69. The summed E-state index contributed by atoms with van der Waals surface area (Å²) >= 11 is 0. The highest BCUT2D eigenvalue weighted by Gasteiger charge is 2.19. The molecule has 0 saturated carbocycles.